The fraction of sp³-hybridized carbons (Fsp3) is 0.926. The van der Waals surface area contributed by atoms with Gasteiger partial charge in [-0.05, 0) is 44.9 Å². The number of amides is 1. The van der Waals surface area contributed by atoms with E-state index >= 15 is 0 Å². The summed E-state index contributed by atoms with van der Waals surface area (Å²) in [6, 6.07) is -0.970. The summed E-state index contributed by atoms with van der Waals surface area (Å²) in [4.78, 5) is 13.4. The molecule has 0 aliphatic carbocycles. The topological polar surface area (TPSA) is 307 Å². The fourth-order valence-electron chi connectivity index (χ4n) is 12.0. The molecule has 19 heteroatoms. The highest BCUT2D eigenvalue weighted by Crippen LogP contribution is 2.33. The first-order valence-corrected chi connectivity index (χ1v) is 35.1. The molecule has 19 nitrogen and oxygen atoms in total. The summed E-state index contributed by atoms with van der Waals surface area (Å²) >= 11 is 0. The molecule has 0 aromatic heterocycles. The van der Waals surface area contributed by atoms with Gasteiger partial charge >= 0.3 is 0 Å². The zero-order valence-electron chi connectivity index (χ0n) is 54.0. The molecule has 0 radical (unpaired) electrons. The van der Waals surface area contributed by atoms with Gasteiger partial charge in [0.15, 0.2) is 18.9 Å². The van der Waals surface area contributed by atoms with E-state index in [-0.39, 0.29) is 18.9 Å². The van der Waals surface area contributed by atoms with E-state index in [1.807, 2.05) is 6.08 Å². The Balaban J connectivity index is 1.41. The van der Waals surface area contributed by atoms with Crippen LogP contribution in [0.3, 0.4) is 0 Å². The molecule has 3 saturated heterocycles. The number of ether oxygens (including phenoxy) is 6. The summed E-state index contributed by atoms with van der Waals surface area (Å²) in [6.07, 6.45) is 30.2. The quantitative estimate of drug-likeness (QED) is 0.0200. The van der Waals surface area contributed by atoms with Gasteiger partial charge in [0.2, 0.25) is 5.91 Å². The molecule has 3 rings (SSSR count). The van der Waals surface area contributed by atoms with Crippen molar-refractivity contribution in [3.8, 4) is 0 Å². The number of aliphatic hydroxyl groups is 11. The van der Waals surface area contributed by atoms with Crippen molar-refractivity contribution >= 4 is 5.91 Å². The van der Waals surface area contributed by atoms with E-state index < -0.39 is 124 Å². The van der Waals surface area contributed by atoms with Gasteiger partial charge in [0, 0.05) is 6.42 Å². The Morgan fingerprint density at radius 1 is 0.402 bits per heavy atom. The number of nitrogens with one attached hydrogen (secondary N) is 1. The molecule has 1 amide bonds. The highest BCUT2D eigenvalue weighted by molar-refractivity contribution is 5.76. The van der Waals surface area contributed by atoms with E-state index in [0.717, 1.165) is 44.9 Å². The van der Waals surface area contributed by atoms with Gasteiger partial charge in [-0.1, -0.05) is 244 Å². The van der Waals surface area contributed by atoms with Gasteiger partial charge < -0.3 is 89.9 Å². The van der Waals surface area contributed by atoms with Crippen LogP contribution in [0.4, 0.5) is 0 Å². The Kier molecular flexibility index (Phi) is 46.4. The van der Waals surface area contributed by atoms with Crippen molar-refractivity contribution in [2.45, 2.75) is 375 Å². The molecule has 12 N–H and O–H groups in total. The minimum Gasteiger partial charge on any atom is -0.394 e. The average molecular weight is 1250 g/mol. The van der Waals surface area contributed by atoms with E-state index in [9.17, 15) is 61.0 Å². The molecule has 17 unspecified atom stereocenters. The minimum atomic E-state index is -1.98. The van der Waals surface area contributed by atoms with E-state index in [0.29, 0.717) is 6.42 Å². The number of rotatable bonds is 54. The maximum Gasteiger partial charge on any atom is 0.220 e. The number of hydrogen-bond donors (Lipinski definition) is 12. The van der Waals surface area contributed by atoms with Crippen LogP contribution in [0.1, 0.15) is 271 Å². The normalized spacial score (nSPS) is 28.7. The smallest absolute Gasteiger partial charge is 0.220 e. The number of carbonyl (C=O) groups is 1. The lowest BCUT2D eigenvalue weighted by atomic mass is 9.96. The minimum absolute atomic E-state index is 0.247. The van der Waals surface area contributed by atoms with E-state index in [4.69, 9.17) is 28.4 Å². The predicted molar refractivity (Wildman–Crippen MR) is 337 cm³/mol. The molecule has 0 aromatic carbocycles. The molecular formula is C68H127NO18. The van der Waals surface area contributed by atoms with E-state index in [2.05, 4.69) is 31.3 Å². The van der Waals surface area contributed by atoms with Crippen molar-refractivity contribution in [1.82, 2.24) is 5.32 Å². The number of carbonyl (C=O) groups excluding carboxylic acids is 1. The third kappa shape index (κ3) is 33.1. The maximum absolute atomic E-state index is 13.4. The summed E-state index contributed by atoms with van der Waals surface area (Å²) in [6.45, 7) is 1.75. The molecule has 3 aliphatic rings. The lowest BCUT2D eigenvalue weighted by molar-refractivity contribution is -0.379. The number of aliphatic hydroxyl groups excluding tert-OH is 11. The lowest BCUT2D eigenvalue weighted by Gasteiger charge is -2.48. The summed E-state index contributed by atoms with van der Waals surface area (Å²) in [5.74, 6) is -0.272. The fourth-order valence-corrected chi connectivity index (χ4v) is 12.0. The second kappa shape index (κ2) is 50.8. The Morgan fingerprint density at radius 2 is 0.724 bits per heavy atom. The molecule has 3 fully saturated rings. The number of hydrogen-bond acceptors (Lipinski definition) is 18. The molecule has 0 bridgehead atoms. The van der Waals surface area contributed by atoms with Gasteiger partial charge in [0.25, 0.3) is 0 Å². The Hall–Kier alpha value is -1.73. The first kappa shape index (κ1) is 79.5. The monoisotopic (exact) mass is 1250 g/mol. The van der Waals surface area contributed by atoms with E-state index in [1.54, 1.807) is 6.08 Å². The van der Waals surface area contributed by atoms with Crippen molar-refractivity contribution in [3.63, 3.8) is 0 Å². The van der Waals surface area contributed by atoms with Crippen LogP contribution in [0, 0.1) is 0 Å². The Labute approximate surface area is 524 Å². The second-order valence-corrected chi connectivity index (χ2v) is 25.3. The highest BCUT2D eigenvalue weighted by Gasteiger charge is 2.53. The third-order valence-electron chi connectivity index (χ3n) is 17.7. The van der Waals surface area contributed by atoms with Crippen LogP contribution in [-0.2, 0) is 33.2 Å². The van der Waals surface area contributed by atoms with Gasteiger partial charge in [-0.15, -0.1) is 0 Å². The van der Waals surface area contributed by atoms with Crippen LogP contribution < -0.4 is 5.32 Å². The molecule has 512 valence electrons. The molecule has 3 aliphatic heterocycles. The van der Waals surface area contributed by atoms with Gasteiger partial charge in [-0.25, -0.2) is 0 Å². The second-order valence-electron chi connectivity index (χ2n) is 25.3. The van der Waals surface area contributed by atoms with Gasteiger partial charge in [0.05, 0.1) is 38.6 Å². The lowest BCUT2D eigenvalue weighted by Crippen LogP contribution is -2.66. The standard InChI is InChI=1S/C68H127NO18/c1-3-5-7-9-11-13-15-17-19-20-21-22-23-24-25-26-27-28-29-30-32-34-36-38-40-42-44-46-56(74)69-51(52(73)45-43-41-39-37-35-33-31-18-16-14-12-10-8-6-4-2)50-82-66-62(80)59(77)64(54(48-71)84-66)87-68-63(81)60(78)65(55(49-72)85-68)86-67-61(79)58(76)57(75)53(47-70)83-67/h20-21,43,45,51-55,57-68,70-73,75-81H,3-19,22-42,44,46-50H2,1-2H3,(H,69,74)/b21-20-,45-43+. The van der Waals surface area contributed by atoms with Gasteiger partial charge in [-0.3, -0.25) is 4.79 Å². The largest absolute Gasteiger partial charge is 0.394 e. The third-order valence-corrected chi connectivity index (χ3v) is 17.7. The van der Waals surface area contributed by atoms with E-state index in [1.165, 1.54) is 199 Å². The Morgan fingerprint density at radius 3 is 1.11 bits per heavy atom. The summed E-state index contributed by atoms with van der Waals surface area (Å²) in [5, 5.41) is 120. The SMILES string of the molecule is CCCCCCCCCC/C=C\CCCCCCCCCCCCCCCCCC(=O)NC(COC1OC(CO)C(OC2OC(CO)C(OC3OC(CO)C(O)C(O)C3O)C(O)C2O)C(O)C1O)C(O)/C=C/CCCCCCCCCCCCCCC. The number of unbranched alkanes of at least 4 members (excludes halogenated alkanes) is 36. The zero-order chi connectivity index (χ0) is 63.3. The Bertz CT molecular complexity index is 1680. The van der Waals surface area contributed by atoms with Crippen LogP contribution in [0.25, 0.3) is 0 Å². The van der Waals surface area contributed by atoms with Crippen LogP contribution in [0.15, 0.2) is 24.3 Å². The van der Waals surface area contributed by atoms with Crippen LogP contribution >= 0.6 is 0 Å². The van der Waals surface area contributed by atoms with Crippen molar-refractivity contribution < 1.29 is 89.4 Å². The first-order chi connectivity index (χ1) is 42.3. The van der Waals surface area contributed by atoms with Gasteiger partial charge in [0.1, 0.15) is 73.2 Å². The van der Waals surface area contributed by atoms with Crippen LogP contribution in [-0.4, -0.2) is 193 Å². The molecule has 3 heterocycles. The molecule has 17 atom stereocenters. The van der Waals surface area contributed by atoms with Crippen LogP contribution in [0.2, 0.25) is 0 Å². The summed E-state index contributed by atoms with van der Waals surface area (Å²) in [5.41, 5.74) is 0. The molecular weight excluding hydrogens is 1120 g/mol. The maximum atomic E-state index is 13.4. The van der Waals surface area contributed by atoms with Crippen molar-refractivity contribution in [2.24, 2.45) is 0 Å². The zero-order valence-corrected chi connectivity index (χ0v) is 54.0. The summed E-state index contributed by atoms with van der Waals surface area (Å²) < 4.78 is 34.3. The first-order valence-electron chi connectivity index (χ1n) is 35.1. The molecule has 87 heavy (non-hydrogen) atoms. The predicted octanol–water partition coefficient (Wildman–Crippen LogP) is 9.05. The highest BCUT2D eigenvalue weighted by atomic mass is 16.8. The molecule has 0 saturated carbocycles. The number of allylic oxidation sites excluding steroid dienone is 3. The van der Waals surface area contributed by atoms with Gasteiger partial charge in [-0.2, -0.15) is 0 Å². The molecule has 0 spiro atoms. The summed E-state index contributed by atoms with van der Waals surface area (Å²) in [7, 11) is 0. The van der Waals surface area contributed by atoms with Crippen molar-refractivity contribution in [2.75, 3.05) is 26.4 Å². The average Bonchev–Trinajstić information content (AvgIpc) is 1.10. The van der Waals surface area contributed by atoms with Crippen LogP contribution in [0.5, 0.6) is 0 Å². The van der Waals surface area contributed by atoms with Crippen molar-refractivity contribution in [1.29, 1.82) is 0 Å². The molecule has 0 aromatic rings. The van der Waals surface area contributed by atoms with Crippen molar-refractivity contribution in [3.05, 3.63) is 24.3 Å².